The van der Waals surface area contributed by atoms with Gasteiger partial charge in [-0.05, 0) is 12.5 Å². The minimum atomic E-state index is 0.507. The third kappa shape index (κ3) is 1.53. The van der Waals surface area contributed by atoms with E-state index in [1.54, 1.807) is 0 Å². The highest BCUT2D eigenvalue weighted by Gasteiger charge is 2.16. The predicted octanol–water partition coefficient (Wildman–Crippen LogP) is 0.169. The number of hydrogen-bond acceptors (Lipinski definition) is 4. The Morgan fingerprint density at radius 3 is 2.58 bits per heavy atom. The fourth-order valence-electron chi connectivity index (χ4n) is 1.04. The molecule has 4 nitrogen and oxygen atoms in total. The van der Waals surface area contributed by atoms with E-state index in [1.165, 1.54) is 0 Å². The lowest BCUT2D eigenvalue weighted by atomic mass is 10.2. The molecule has 0 aliphatic carbocycles. The summed E-state index contributed by atoms with van der Waals surface area (Å²) < 4.78 is 0. The summed E-state index contributed by atoms with van der Waals surface area (Å²) >= 11 is 0. The highest BCUT2D eigenvalue weighted by molar-refractivity contribution is 5.27. The molecule has 2 rings (SSSR count). The first-order valence-electron chi connectivity index (χ1n) is 4.10. The molecule has 2 N–H and O–H groups in total. The van der Waals surface area contributed by atoms with Gasteiger partial charge in [-0.3, -0.25) is 0 Å². The Labute approximate surface area is 71.4 Å². The van der Waals surface area contributed by atoms with Crippen LogP contribution in [0.1, 0.15) is 5.56 Å². The van der Waals surface area contributed by atoms with Crippen molar-refractivity contribution in [2.45, 2.75) is 13.0 Å². The molecular formula is C8H12N4. The van der Waals surface area contributed by atoms with Crippen molar-refractivity contribution in [1.29, 1.82) is 0 Å². The van der Waals surface area contributed by atoms with Gasteiger partial charge in [0.05, 0.1) is 6.04 Å². The Bertz CT molecular complexity index is 252. The summed E-state index contributed by atoms with van der Waals surface area (Å²) in [6.45, 7) is 4.00. The fourth-order valence-corrected chi connectivity index (χ4v) is 1.04. The van der Waals surface area contributed by atoms with E-state index in [1.807, 2.05) is 19.3 Å². The second kappa shape index (κ2) is 3.06. The van der Waals surface area contributed by atoms with E-state index in [-0.39, 0.29) is 0 Å². The molecule has 0 saturated carbocycles. The van der Waals surface area contributed by atoms with Gasteiger partial charge in [-0.25, -0.2) is 9.97 Å². The van der Waals surface area contributed by atoms with Crippen LogP contribution in [0.4, 0.5) is 5.95 Å². The van der Waals surface area contributed by atoms with Crippen molar-refractivity contribution in [3.63, 3.8) is 0 Å². The van der Waals surface area contributed by atoms with Crippen LogP contribution >= 0.6 is 0 Å². The monoisotopic (exact) mass is 164 g/mol. The average molecular weight is 164 g/mol. The number of hydrogen-bond donors (Lipinski definition) is 2. The molecule has 64 valence electrons. The van der Waals surface area contributed by atoms with Crippen LogP contribution in [0, 0.1) is 6.92 Å². The molecule has 0 amide bonds. The lowest BCUT2D eigenvalue weighted by molar-refractivity contribution is 0.469. The average Bonchev–Trinajstić information content (AvgIpc) is 2.00. The molecule has 1 aromatic heterocycles. The van der Waals surface area contributed by atoms with Crippen molar-refractivity contribution in [2.24, 2.45) is 0 Å². The molecule has 1 aliphatic rings. The third-order valence-electron chi connectivity index (χ3n) is 1.90. The molecule has 1 saturated heterocycles. The van der Waals surface area contributed by atoms with Crippen LogP contribution in [0.15, 0.2) is 12.4 Å². The highest BCUT2D eigenvalue weighted by Crippen LogP contribution is 2.03. The molecular weight excluding hydrogens is 152 g/mol. The van der Waals surface area contributed by atoms with Crippen molar-refractivity contribution in [1.82, 2.24) is 15.3 Å². The van der Waals surface area contributed by atoms with Crippen LogP contribution in [0.3, 0.4) is 0 Å². The molecule has 1 aliphatic heterocycles. The summed E-state index contributed by atoms with van der Waals surface area (Å²) in [6, 6.07) is 0.507. The van der Waals surface area contributed by atoms with Crippen LogP contribution in [-0.2, 0) is 0 Å². The zero-order valence-electron chi connectivity index (χ0n) is 7.04. The van der Waals surface area contributed by atoms with E-state index >= 15 is 0 Å². The largest absolute Gasteiger partial charge is 0.349 e. The molecule has 1 aromatic rings. The smallest absolute Gasteiger partial charge is 0.222 e. The molecule has 0 atom stereocenters. The molecule has 2 heterocycles. The van der Waals surface area contributed by atoms with Gasteiger partial charge in [-0.2, -0.15) is 0 Å². The second-order valence-corrected chi connectivity index (χ2v) is 3.08. The zero-order valence-corrected chi connectivity index (χ0v) is 7.04. The number of aromatic nitrogens is 2. The first-order valence-corrected chi connectivity index (χ1v) is 4.10. The molecule has 0 spiro atoms. The summed E-state index contributed by atoms with van der Waals surface area (Å²) in [5.74, 6) is 0.729. The molecule has 4 heteroatoms. The first kappa shape index (κ1) is 7.49. The third-order valence-corrected chi connectivity index (χ3v) is 1.90. The second-order valence-electron chi connectivity index (χ2n) is 3.08. The van der Waals surface area contributed by atoms with E-state index in [0.29, 0.717) is 6.04 Å². The van der Waals surface area contributed by atoms with Gasteiger partial charge in [0, 0.05) is 25.5 Å². The lowest BCUT2D eigenvalue weighted by Crippen LogP contribution is -2.51. The first-order chi connectivity index (χ1) is 5.84. The Kier molecular flexibility index (Phi) is 1.91. The van der Waals surface area contributed by atoms with Crippen LogP contribution in [0.2, 0.25) is 0 Å². The zero-order chi connectivity index (χ0) is 8.39. The van der Waals surface area contributed by atoms with E-state index < -0.39 is 0 Å². The van der Waals surface area contributed by atoms with Crippen LogP contribution in [-0.4, -0.2) is 29.1 Å². The minimum absolute atomic E-state index is 0.507. The quantitative estimate of drug-likeness (QED) is 0.654. The van der Waals surface area contributed by atoms with Gasteiger partial charge in [0.2, 0.25) is 5.95 Å². The van der Waals surface area contributed by atoms with Gasteiger partial charge in [0.25, 0.3) is 0 Å². The Morgan fingerprint density at radius 2 is 2.08 bits per heavy atom. The summed E-state index contributed by atoms with van der Waals surface area (Å²) in [5, 5.41) is 6.40. The van der Waals surface area contributed by atoms with Crippen molar-refractivity contribution >= 4 is 5.95 Å². The molecule has 0 unspecified atom stereocenters. The number of aryl methyl sites for hydroxylation is 1. The molecule has 0 aromatic carbocycles. The van der Waals surface area contributed by atoms with Crippen molar-refractivity contribution in [3.8, 4) is 0 Å². The van der Waals surface area contributed by atoms with E-state index in [4.69, 9.17) is 0 Å². The Hall–Kier alpha value is -1.16. The van der Waals surface area contributed by atoms with E-state index in [0.717, 1.165) is 24.6 Å². The van der Waals surface area contributed by atoms with Crippen LogP contribution in [0.5, 0.6) is 0 Å². The molecule has 0 bridgehead atoms. The summed E-state index contributed by atoms with van der Waals surface area (Å²) in [5.41, 5.74) is 1.09. The van der Waals surface area contributed by atoms with E-state index in [9.17, 15) is 0 Å². The number of nitrogens with one attached hydrogen (secondary N) is 2. The van der Waals surface area contributed by atoms with Crippen LogP contribution < -0.4 is 10.6 Å². The van der Waals surface area contributed by atoms with E-state index in [2.05, 4.69) is 20.6 Å². The lowest BCUT2D eigenvalue weighted by Gasteiger charge is -2.27. The van der Waals surface area contributed by atoms with Gasteiger partial charge < -0.3 is 10.6 Å². The van der Waals surface area contributed by atoms with Crippen molar-refractivity contribution in [2.75, 3.05) is 18.4 Å². The van der Waals surface area contributed by atoms with Gasteiger partial charge in [-0.15, -0.1) is 0 Å². The normalized spacial score (nSPS) is 17.1. The van der Waals surface area contributed by atoms with Gasteiger partial charge >= 0.3 is 0 Å². The summed E-state index contributed by atoms with van der Waals surface area (Å²) in [4.78, 5) is 8.30. The topological polar surface area (TPSA) is 49.8 Å². The maximum atomic E-state index is 4.15. The molecule has 1 fully saturated rings. The number of rotatable bonds is 2. The molecule has 12 heavy (non-hydrogen) atoms. The van der Waals surface area contributed by atoms with Gasteiger partial charge in [0.15, 0.2) is 0 Å². The SMILES string of the molecule is Cc1cnc(NC2CNC2)nc1. The van der Waals surface area contributed by atoms with Gasteiger partial charge in [-0.1, -0.05) is 0 Å². The number of nitrogens with zero attached hydrogens (tertiary/aromatic N) is 2. The van der Waals surface area contributed by atoms with Crippen molar-refractivity contribution < 1.29 is 0 Å². The van der Waals surface area contributed by atoms with Crippen molar-refractivity contribution in [3.05, 3.63) is 18.0 Å². The predicted molar refractivity (Wildman–Crippen MR) is 47.0 cm³/mol. The van der Waals surface area contributed by atoms with Crippen LogP contribution in [0.25, 0.3) is 0 Å². The minimum Gasteiger partial charge on any atom is -0.349 e. The molecule has 0 radical (unpaired) electrons. The maximum absolute atomic E-state index is 4.15. The number of anilines is 1. The standard InChI is InChI=1S/C8H12N4/c1-6-2-10-8(11-3-6)12-7-4-9-5-7/h2-3,7,9H,4-5H2,1H3,(H,10,11,12). The fraction of sp³-hybridized carbons (Fsp3) is 0.500. The highest BCUT2D eigenvalue weighted by atomic mass is 15.2. The summed E-state index contributed by atoms with van der Waals surface area (Å²) in [6.07, 6.45) is 3.64. The van der Waals surface area contributed by atoms with Gasteiger partial charge in [0.1, 0.15) is 0 Å². The maximum Gasteiger partial charge on any atom is 0.222 e. The Morgan fingerprint density at radius 1 is 1.42 bits per heavy atom. The Balaban J connectivity index is 1.98. The summed E-state index contributed by atoms with van der Waals surface area (Å²) in [7, 11) is 0.